The Morgan fingerprint density at radius 1 is 1.00 bits per heavy atom. The maximum atomic E-state index is 12.4. The van der Waals surface area contributed by atoms with E-state index in [1.807, 2.05) is 0 Å². The van der Waals surface area contributed by atoms with Gasteiger partial charge in [0.15, 0.2) is 5.11 Å². The molecule has 1 atom stereocenters. The monoisotopic (exact) mass is 561 g/mol. The van der Waals surface area contributed by atoms with Crippen molar-refractivity contribution in [3.63, 3.8) is 0 Å². The molecule has 2 aromatic carbocycles. The molecule has 138 valence electrons. The molecule has 2 aromatic rings. The molecule has 0 spiro atoms. The van der Waals surface area contributed by atoms with Crippen LogP contribution in [0, 0.1) is 3.57 Å². The lowest BCUT2D eigenvalue weighted by atomic mass is 10.2. The summed E-state index contributed by atoms with van der Waals surface area (Å²) in [6.07, 6.45) is -1.05. The summed E-state index contributed by atoms with van der Waals surface area (Å²) < 4.78 is -0.825. The highest BCUT2D eigenvalue weighted by Crippen LogP contribution is 2.29. The molecule has 0 aromatic heterocycles. The van der Waals surface area contributed by atoms with Crippen LogP contribution in [-0.2, 0) is 0 Å². The second-order valence-corrected chi connectivity index (χ2v) is 9.52. The van der Waals surface area contributed by atoms with Crippen molar-refractivity contribution in [3.05, 3.63) is 62.7 Å². The van der Waals surface area contributed by atoms with Crippen LogP contribution < -0.4 is 16.0 Å². The van der Waals surface area contributed by atoms with Gasteiger partial charge in [-0.2, -0.15) is 0 Å². The van der Waals surface area contributed by atoms with Gasteiger partial charge in [0, 0.05) is 19.8 Å². The van der Waals surface area contributed by atoms with Gasteiger partial charge in [0.25, 0.3) is 5.91 Å². The summed E-state index contributed by atoms with van der Waals surface area (Å²) in [7, 11) is 0. The number of nitrogens with one attached hydrogen (secondary N) is 3. The zero-order valence-corrected chi connectivity index (χ0v) is 18.9. The summed E-state index contributed by atoms with van der Waals surface area (Å²) in [6, 6.07) is 13.9. The van der Waals surface area contributed by atoms with Crippen molar-refractivity contribution < 1.29 is 4.79 Å². The van der Waals surface area contributed by atoms with E-state index in [0.717, 1.165) is 3.57 Å². The Kier molecular flexibility index (Phi) is 8.06. The lowest BCUT2D eigenvalue weighted by molar-refractivity contribution is 0.0934. The molecule has 0 saturated heterocycles. The molecule has 26 heavy (non-hydrogen) atoms. The molecule has 0 bridgehead atoms. The summed E-state index contributed by atoms with van der Waals surface area (Å²) in [6.45, 7) is 0. The summed E-state index contributed by atoms with van der Waals surface area (Å²) in [5.41, 5.74) is 1.13. The van der Waals surface area contributed by atoms with Crippen molar-refractivity contribution in [1.29, 1.82) is 0 Å². The zero-order chi connectivity index (χ0) is 19.3. The molecule has 1 amide bonds. The van der Waals surface area contributed by atoms with Crippen LogP contribution in [-0.4, -0.2) is 21.0 Å². The smallest absolute Gasteiger partial charge is 0.252 e. The van der Waals surface area contributed by atoms with Gasteiger partial charge in [-0.15, -0.1) is 0 Å². The van der Waals surface area contributed by atoms with Crippen molar-refractivity contribution in [2.75, 3.05) is 5.32 Å². The second-order valence-electron chi connectivity index (χ2n) is 5.06. The number of rotatable bonds is 4. The van der Waals surface area contributed by atoms with Gasteiger partial charge in [0.05, 0.1) is 0 Å². The Bertz CT molecular complexity index is 782. The molecule has 0 unspecified atom stereocenters. The number of halogens is 5. The summed E-state index contributed by atoms with van der Waals surface area (Å²) in [5, 5.41) is 9.11. The molecule has 0 aliphatic carbocycles. The average Bonchev–Trinajstić information content (AvgIpc) is 2.56. The van der Waals surface area contributed by atoms with Gasteiger partial charge >= 0.3 is 0 Å². The first-order valence-electron chi connectivity index (χ1n) is 7.11. The van der Waals surface area contributed by atoms with Gasteiger partial charge in [-0.3, -0.25) is 4.79 Å². The third kappa shape index (κ3) is 6.90. The number of benzene rings is 2. The highest BCUT2D eigenvalue weighted by molar-refractivity contribution is 14.1. The minimum Gasteiger partial charge on any atom is -0.339 e. The average molecular weight is 563 g/mol. The Hall–Kier alpha value is -0.510. The molecule has 0 aliphatic heterocycles. The van der Waals surface area contributed by atoms with Gasteiger partial charge in [-0.25, -0.2) is 0 Å². The first kappa shape index (κ1) is 21.8. The number of hydrogen-bond acceptors (Lipinski definition) is 2. The normalized spacial score (nSPS) is 12.2. The molecule has 0 saturated carbocycles. The molecule has 0 radical (unpaired) electrons. The van der Waals surface area contributed by atoms with Gasteiger partial charge in [0.1, 0.15) is 6.17 Å². The predicted octanol–water partition coefficient (Wildman–Crippen LogP) is 5.36. The summed E-state index contributed by atoms with van der Waals surface area (Å²) in [5.74, 6) is -0.403. The van der Waals surface area contributed by atoms with E-state index in [4.69, 9.17) is 58.6 Å². The number of carbonyl (C=O) groups excluding carboxylic acids is 1. The van der Waals surface area contributed by atoms with Gasteiger partial charge in [0.2, 0.25) is 3.79 Å². The highest BCUT2D eigenvalue weighted by Gasteiger charge is 2.34. The predicted molar refractivity (Wildman–Crippen MR) is 122 cm³/mol. The van der Waals surface area contributed by atoms with E-state index in [-0.39, 0.29) is 5.11 Å². The van der Waals surface area contributed by atoms with Crippen molar-refractivity contribution >= 4 is 97.9 Å². The Labute approximate surface area is 190 Å². The SMILES string of the molecule is O=C(N[C@H](NC(=S)Nc1ccc(Cl)cc1)C(Cl)(Cl)Cl)c1ccc(I)cc1. The zero-order valence-electron chi connectivity index (χ0n) is 12.9. The molecular formula is C16H12Cl4IN3OS. The van der Waals surface area contributed by atoms with E-state index in [1.165, 1.54) is 0 Å². The fourth-order valence-electron chi connectivity index (χ4n) is 1.85. The molecule has 4 nitrogen and oxygen atoms in total. The van der Waals surface area contributed by atoms with Crippen molar-refractivity contribution in [2.24, 2.45) is 0 Å². The molecule has 0 heterocycles. The number of hydrogen-bond donors (Lipinski definition) is 3. The molecule has 2 rings (SSSR count). The maximum Gasteiger partial charge on any atom is 0.252 e. The lowest BCUT2D eigenvalue weighted by Gasteiger charge is -2.27. The van der Waals surface area contributed by atoms with Gasteiger partial charge < -0.3 is 16.0 Å². The standard InChI is InChI=1S/C16H12Cl4IN3OS/c17-10-3-7-12(8-4-10)22-15(26)24-14(16(18,19)20)23-13(25)9-1-5-11(21)6-2-9/h1-8,14H,(H,23,25)(H2,22,24,26)/t14-/m1/s1. The highest BCUT2D eigenvalue weighted by atomic mass is 127. The van der Waals surface area contributed by atoms with E-state index in [2.05, 4.69) is 38.5 Å². The van der Waals surface area contributed by atoms with Crippen molar-refractivity contribution in [2.45, 2.75) is 9.96 Å². The summed E-state index contributed by atoms with van der Waals surface area (Å²) >= 11 is 31.1. The van der Waals surface area contributed by atoms with Crippen LogP contribution in [0.5, 0.6) is 0 Å². The van der Waals surface area contributed by atoms with Gasteiger partial charge in [-0.05, 0) is 83.3 Å². The second kappa shape index (κ2) is 9.61. The van der Waals surface area contributed by atoms with Crippen LogP contribution in [0.25, 0.3) is 0 Å². The van der Waals surface area contributed by atoms with Crippen LogP contribution in [0.2, 0.25) is 5.02 Å². The first-order chi connectivity index (χ1) is 12.1. The van der Waals surface area contributed by atoms with Crippen molar-refractivity contribution in [3.8, 4) is 0 Å². The third-order valence-electron chi connectivity index (χ3n) is 3.09. The maximum absolute atomic E-state index is 12.4. The minimum absolute atomic E-state index is 0.173. The quantitative estimate of drug-likeness (QED) is 0.203. The first-order valence-corrected chi connectivity index (χ1v) is 10.1. The number of alkyl halides is 3. The largest absolute Gasteiger partial charge is 0.339 e. The number of amides is 1. The Morgan fingerprint density at radius 3 is 2.12 bits per heavy atom. The van der Waals surface area contributed by atoms with Crippen LogP contribution in [0.15, 0.2) is 48.5 Å². The fourth-order valence-corrected chi connectivity index (χ4v) is 2.90. The Morgan fingerprint density at radius 2 is 1.58 bits per heavy atom. The molecular weight excluding hydrogens is 551 g/mol. The van der Waals surface area contributed by atoms with Crippen molar-refractivity contribution in [1.82, 2.24) is 10.6 Å². The number of anilines is 1. The number of carbonyl (C=O) groups is 1. The fraction of sp³-hybridized carbons (Fsp3) is 0.125. The van der Waals surface area contributed by atoms with E-state index >= 15 is 0 Å². The summed E-state index contributed by atoms with van der Waals surface area (Å²) in [4.78, 5) is 12.4. The van der Waals surface area contributed by atoms with Crippen LogP contribution >= 0.6 is 81.2 Å². The topological polar surface area (TPSA) is 53.2 Å². The van der Waals surface area contributed by atoms with E-state index in [1.54, 1.807) is 48.5 Å². The van der Waals surface area contributed by atoms with Crippen LogP contribution in [0.4, 0.5) is 5.69 Å². The lowest BCUT2D eigenvalue weighted by Crippen LogP contribution is -2.56. The third-order valence-corrected chi connectivity index (χ3v) is 4.93. The van der Waals surface area contributed by atoms with Gasteiger partial charge in [-0.1, -0.05) is 46.4 Å². The molecule has 0 fully saturated rings. The molecule has 3 N–H and O–H groups in total. The number of thiocarbonyl (C=S) groups is 1. The van der Waals surface area contributed by atoms with E-state index in [9.17, 15) is 4.79 Å². The van der Waals surface area contributed by atoms with Crippen LogP contribution in [0.3, 0.4) is 0 Å². The Balaban J connectivity index is 2.04. The minimum atomic E-state index is -1.83. The van der Waals surface area contributed by atoms with Crippen LogP contribution in [0.1, 0.15) is 10.4 Å². The van der Waals surface area contributed by atoms with E-state index in [0.29, 0.717) is 16.3 Å². The van der Waals surface area contributed by atoms with E-state index < -0.39 is 15.9 Å². The molecule has 0 aliphatic rings. The molecule has 10 heteroatoms.